The average Bonchev–Trinajstić information content (AvgIpc) is 2.88. The molecule has 0 amide bonds. The normalized spacial score (nSPS) is 22.6. The van der Waals surface area contributed by atoms with Crippen LogP contribution < -0.4 is 5.73 Å². The van der Waals surface area contributed by atoms with Gasteiger partial charge in [0.25, 0.3) is 0 Å². The first-order valence-electron chi connectivity index (χ1n) is 5.81. The third-order valence-electron chi connectivity index (χ3n) is 3.49. The second kappa shape index (κ2) is 3.64. The molecule has 1 atom stereocenters. The standard InChI is InChI=1S/C14H15NO2/c15-11-3-4-13-10(8-11)5-6-14(13,16)9-12-2-1-7-17-12/h1-4,7-8,16H,5-6,9,15H2. The lowest BCUT2D eigenvalue weighted by atomic mass is 9.91. The number of furan rings is 1. The first-order valence-corrected chi connectivity index (χ1v) is 5.81. The number of hydrogen-bond donors (Lipinski definition) is 2. The molecule has 3 rings (SSSR count). The van der Waals surface area contributed by atoms with Crippen LogP contribution >= 0.6 is 0 Å². The molecule has 0 fully saturated rings. The summed E-state index contributed by atoms with van der Waals surface area (Å²) in [4.78, 5) is 0. The van der Waals surface area contributed by atoms with E-state index >= 15 is 0 Å². The van der Waals surface area contributed by atoms with Crippen LogP contribution in [0.4, 0.5) is 5.69 Å². The van der Waals surface area contributed by atoms with E-state index in [0.29, 0.717) is 6.42 Å². The Morgan fingerprint density at radius 2 is 2.24 bits per heavy atom. The number of rotatable bonds is 2. The van der Waals surface area contributed by atoms with Crippen molar-refractivity contribution in [2.24, 2.45) is 0 Å². The quantitative estimate of drug-likeness (QED) is 0.776. The van der Waals surface area contributed by atoms with Crippen LogP contribution in [0.2, 0.25) is 0 Å². The molecule has 1 unspecified atom stereocenters. The van der Waals surface area contributed by atoms with Gasteiger partial charge in [0.1, 0.15) is 5.76 Å². The third kappa shape index (κ3) is 1.72. The van der Waals surface area contributed by atoms with Gasteiger partial charge in [0.15, 0.2) is 0 Å². The predicted molar refractivity (Wildman–Crippen MR) is 65.5 cm³/mol. The van der Waals surface area contributed by atoms with Gasteiger partial charge in [-0.25, -0.2) is 0 Å². The number of nitrogen functional groups attached to an aromatic ring is 1. The van der Waals surface area contributed by atoms with Crippen LogP contribution in [0.3, 0.4) is 0 Å². The summed E-state index contributed by atoms with van der Waals surface area (Å²) in [7, 11) is 0. The van der Waals surface area contributed by atoms with Crippen molar-refractivity contribution in [2.75, 3.05) is 5.73 Å². The van der Waals surface area contributed by atoms with Gasteiger partial charge in [-0.3, -0.25) is 0 Å². The van der Waals surface area contributed by atoms with Crippen molar-refractivity contribution in [3.63, 3.8) is 0 Å². The Bertz CT molecular complexity index is 533. The van der Waals surface area contributed by atoms with Crippen LogP contribution in [0.1, 0.15) is 23.3 Å². The van der Waals surface area contributed by atoms with E-state index in [1.54, 1.807) is 6.26 Å². The van der Waals surface area contributed by atoms with Crippen molar-refractivity contribution in [3.8, 4) is 0 Å². The van der Waals surface area contributed by atoms with Gasteiger partial charge in [-0.2, -0.15) is 0 Å². The summed E-state index contributed by atoms with van der Waals surface area (Å²) in [5, 5.41) is 10.7. The Kier molecular flexibility index (Phi) is 2.23. The maximum absolute atomic E-state index is 10.7. The van der Waals surface area contributed by atoms with Crippen molar-refractivity contribution in [1.29, 1.82) is 0 Å². The van der Waals surface area contributed by atoms with Crippen molar-refractivity contribution in [2.45, 2.75) is 24.9 Å². The maximum atomic E-state index is 10.7. The number of nitrogens with two attached hydrogens (primary N) is 1. The Morgan fingerprint density at radius 3 is 3.00 bits per heavy atom. The monoisotopic (exact) mass is 229 g/mol. The summed E-state index contributed by atoms with van der Waals surface area (Å²) in [5.41, 5.74) is 7.85. The van der Waals surface area contributed by atoms with Crippen molar-refractivity contribution in [1.82, 2.24) is 0 Å². The Labute approximate surface area is 99.9 Å². The first kappa shape index (κ1) is 10.4. The molecule has 1 aromatic carbocycles. The highest BCUT2D eigenvalue weighted by molar-refractivity contribution is 5.49. The van der Waals surface area contributed by atoms with Gasteiger partial charge >= 0.3 is 0 Å². The Morgan fingerprint density at radius 1 is 1.35 bits per heavy atom. The lowest BCUT2D eigenvalue weighted by molar-refractivity contribution is 0.0338. The van der Waals surface area contributed by atoms with Crippen molar-refractivity contribution >= 4 is 5.69 Å². The van der Waals surface area contributed by atoms with E-state index < -0.39 is 5.60 Å². The van der Waals surface area contributed by atoms with E-state index in [9.17, 15) is 5.11 Å². The molecular weight excluding hydrogens is 214 g/mol. The Balaban J connectivity index is 1.96. The van der Waals surface area contributed by atoms with Crippen LogP contribution in [0.25, 0.3) is 0 Å². The zero-order valence-corrected chi connectivity index (χ0v) is 9.52. The summed E-state index contributed by atoms with van der Waals surface area (Å²) < 4.78 is 5.31. The zero-order valence-electron chi connectivity index (χ0n) is 9.52. The molecule has 3 N–H and O–H groups in total. The molecule has 1 aliphatic rings. The van der Waals surface area contributed by atoms with Crippen molar-refractivity contribution < 1.29 is 9.52 Å². The number of fused-ring (bicyclic) bond motifs is 1. The second-order valence-corrected chi connectivity index (χ2v) is 4.70. The Hall–Kier alpha value is -1.74. The van der Waals surface area contributed by atoms with Crippen LogP contribution in [-0.2, 0) is 18.4 Å². The predicted octanol–water partition coefficient (Wildman–Crippen LogP) is 2.24. The molecule has 0 saturated heterocycles. The summed E-state index contributed by atoms with van der Waals surface area (Å²) in [6.07, 6.45) is 3.76. The molecule has 17 heavy (non-hydrogen) atoms. The largest absolute Gasteiger partial charge is 0.469 e. The summed E-state index contributed by atoms with van der Waals surface area (Å²) in [5.74, 6) is 0.817. The summed E-state index contributed by atoms with van der Waals surface area (Å²) in [6.45, 7) is 0. The summed E-state index contributed by atoms with van der Waals surface area (Å²) >= 11 is 0. The van der Waals surface area contributed by atoms with E-state index in [-0.39, 0.29) is 0 Å². The van der Waals surface area contributed by atoms with E-state index in [4.69, 9.17) is 10.2 Å². The summed E-state index contributed by atoms with van der Waals surface area (Å²) in [6, 6.07) is 9.47. The topological polar surface area (TPSA) is 59.4 Å². The SMILES string of the molecule is Nc1ccc2c(c1)CCC2(O)Cc1ccco1. The molecule has 0 aliphatic heterocycles. The lowest BCUT2D eigenvalue weighted by Crippen LogP contribution is -2.25. The van der Waals surface area contributed by atoms with Gasteiger partial charge in [-0.05, 0) is 48.2 Å². The molecule has 0 spiro atoms. The second-order valence-electron chi connectivity index (χ2n) is 4.70. The number of aliphatic hydroxyl groups is 1. The van der Waals surface area contributed by atoms with E-state index in [1.807, 2.05) is 30.3 Å². The molecular formula is C14H15NO2. The van der Waals surface area contributed by atoms with Crippen LogP contribution in [0.15, 0.2) is 41.0 Å². The fraction of sp³-hybridized carbons (Fsp3) is 0.286. The minimum atomic E-state index is -0.805. The third-order valence-corrected chi connectivity index (χ3v) is 3.49. The molecule has 1 aromatic heterocycles. The van der Waals surface area contributed by atoms with E-state index in [2.05, 4.69) is 0 Å². The van der Waals surface area contributed by atoms with Gasteiger partial charge in [-0.1, -0.05) is 6.07 Å². The van der Waals surface area contributed by atoms with E-state index in [1.165, 1.54) is 0 Å². The molecule has 0 radical (unpaired) electrons. The fourth-order valence-electron chi connectivity index (χ4n) is 2.64. The molecule has 0 saturated carbocycles. The molecule has 1 heterocycles. The smallest absolute Gasteiger partial charge is 0.106 e. The van der Waals surface area contributed by atoms with Gasteiger partial charge in [0, 0.05) is 12.1 Å². The number of anilines is 1. The van der Waals surface area contributed by atoms with Crippen LogP contribution in [0.5, 0.6) is 0 Å². The molecule has 3 nitrogen and oxygen atoms in total. The zero-order chi connectivity index (χ0) is 11.9. The lowest BCUT2D eigenvalue weighted by Gasteiger charge is -2.22. The highest BCUT2D eigenvalue weighted by Crippen LogP contribution is 2.40. The molecule has 88 valence electrons. The highest BCUT2D eigenvalue weighted by Gasteiger charge is 2.37. The van der Waals surface area contributed by atoms with Gasteiger partial charge in [-0.15, -0.1) is 0 Å². The highest BCUT2D eigenvalue weighted by atomic mass is 16.3. The number of aryl methyl sites for hydroxylation is 1. The average molecular weight is 229 g/mol. The van der Waals surface area contributed by atoms with Crippen LogP contribution in [0, 0.1) is 0 Å². The van der Waals surface area contributed by atoms with Gasteiger partial charge in [0.2, 0.25) is 0 Å². The van der Waals surface area contributed by atoms with Gasteiger partial charge < -0.3 is 15.3 Å². The molecule has 2 aromatic rings. The minimum absolute atomic E-state index is 0.525. The number of hydrogen-bond acceptors (Lipinski definition) is 3. The molecule has 1 aliphatic carbocycles. The molecule has 3 heteroatoms. The van der Waals surface area contributed by atoms with Crippen molar-refractivity contribution in [3.05, 3.63) is 53.5 Å². The number of benzene rings is 1. The van der Waals surface area contributed by atoms with Crippen LogP contribution in [-0.4, -0.2) is 5.11 Å². The molecule has 0 bridgehead atoms. The first-order chi connectivity index (χ1) is 8.17. The van der Waals surface area contributed by atoms with E-state index in [0.717, 1.165) is 35.4 Å². The maximum Gasteiger partial charge on any atom is 0.106 e. The fourth-order valence-corrected chi connectivity index (χ4v) is 2.64. The van der Waals surface area contributed by atoms with Gasteiger partial charge in [0.05, 0.1) is 11.9 Å². The minimum Gasteiger partial charge on any atom is -0.469 e.